The van der Waals surface area contributed by atoms with Crippen molar-refractivity contribution in [3.8, 4) is 0 Å². The molecule has 0 aromatic rings. The molecule has 0 aliphatic rings. The number of carboxylic acid groups (broad SMARTS) is 2. The van der Waals surface area contributed by atoms with E-state index in [1.165, 1.54) is 0 Å². The summed E-state index contributed by atoms with van der Waals surface area (Å²) in [4.78, 5) is 19.5. The van der Waals surface area contributed by atoms with E-state index in [1.54, 1.807) is 0 Å². The largest absolute Gasteiger partial charge is 0.479 e. The minimum atomic E-state index is -2.27. The third-order valence-corrected chi connectivity index (χ3v) is 0.805. The Morgan fingerprint density at radius 3 is 1.17 bits per heavy atom. The van der Waals surface area contributed by atoms with Gasteiger partial charge >= 0.3 is 11.9 Å². The molecular formula is C4H9NNbO6. The van der Waals surface area contributed by atoms with Crippen molar-refractivity contribution < 1.29 is 52.4 Å². The molecule has 0 aromatic carbocycles. The molecule has 7 N–H and O–H groups in total. The number of hydrogen-bond donors (Lipinski definition) is 5. The van der Waals surface area contributed by atoms with Crippen LogP contribution in [0, 0.1) is 0 Å². The fourth-order valence-corrected chi connectivity index (χ4v) is 0.270. The topological polar surface area (TPSA) is 150 Å². The van der Waals surface area contributed by atoms with E-state index in [4.69, 9.17) is 20.4 Å². The normalized spacial score (nSPS) is 13.2. The average molecular weight is 260 g/mol. The van der Waals surface area contributed by atoms with Crippen LogP contribution in [0.4, 0.5) is 0 Å². The maximum absolute atomic E-state index is 9.77. The zero-order valence-corrected chi connectivity index (χ0v) is 8.11. The van der Waals surface area contributed by atoms with E-state index in [-0.39, 0.29) is 28.5 Å². The molecule has 0 heterocycles. The van der Waals surface area contributed by atoms with Crippen LogP contribution >= 0.6 is 0 Å². The van der Waals surface area contributed by atoms with Crippen molar-refractivity contribution in [2.75, 3.05) is 0 Å². The predicted octanol–water partition coefficient (Wildman–Crippen LogP) is -1.96. The van der Waals surface area contributed by atoms with Crippen molar-refractivity contribution in [1.82, 2.24) is 6.15 Å². The summed E-state index contributed by atoms with van der Waals surface area (Å²) < 4.78 is 0. The summed E-state index contributed by atoms with van der Waals surface area (Å²) >= 11 is 0. The molecular weight excluding hydrogens is 251 g/mol. The number of aliphatic carboxylic acids is 2. The quantitative estimate of drug-likeness (QED) is 0.369. The van der Waals surface area contributed by atoms with Gasteiger partial charge in [0, 0.05) is 22.4 Å². The van der Waals surface area contributed by atoms with E-state index < -0.39 is 24.1 Å². The first kappa shape index (κ1) is 17.6. The summed E-state index contributed by atoms with van der Waals surface area (Å²) in [5.74, 6) is -3.54. The summed E-state index contributed by atoms with van der Waals surface area (Å²) in [7, 11) is 0. The molecule has 0 saturated heterocycles. The molecule has 0 saturated carbocycles. The zero-order chi connectivity index (χ0) is 8.31. The van der Waals surface area contributed by atoms with Gasteiger partial charge in [0.1, 0.15) is 0 Å². The number of carbonyl (C=O) groups is 2. The monoisotopic (exact) mass is 260 g/mol. The van der Waals surface area contributed by atoms with Gasteiger partial charge < -0.3 is 26.6 Å². The van der Waals surface area contributed by atoms with Crippen LogP contribution in [-0.4, -0.2) is 44.6 Å². The molecule has 71 valence electrons. The van der Waals surface area contributed by atoms with Gasteiger partial charge in [-0.25, -0.2) is 9.59 Å². The van der Waals surface area contributed by atoms with Crippen LogP contribution in [0.3, 0.4) is 0 Å². The molecule has 0 rings (SSSR count). The minimum Gasteiger partial charge on any atom is -0.479 e. The van der Waals surface area contributed by atoms with E-state index in [1.807, 2.05) is 0 Å². The maximum atomic E-state index is 9.77. The molecule has 1 radical (unpaired) electrons. The number of aliphatic hydroxyl groups excluding tert-OH is 2. The van der Waals surface area contributed by atoms with Gasteiger partial charge in [0.15, 0.2) is 12.2 Å². The molecule has 0 spiro atoms. The predicted molar refractivity (Wildman–Crippen MR) is 32.3 cm³/mol. The van der Waals surface area contributed by atoms with E-state index in [9.17, 15) is 9.59 Å². The number of carboxylic acids is 2. The summed E-state index contributed by atoms with van der Waals surface area (Å²) in [5, 5.41) is 32.5. The van der Waals surface area contributed by atoms with Crippen LogP contribution < -0.4 is 6.15 Å². The van der Waals surface area contributed by atoms with Crippen molar-refractivity contribution in [2.45, 2.75) is 12.2 Å². The second kappa shape index (κ2) is 7.22. The van der Waals surface area contributed by atoms with Crippen molar-refractivity contribution in [2.24, 2.45) is 0 Å². The first-order valence-corrected chi connectivity index (χ1v) is 2.28. The van der Waals surface area contributed by atoms with Crippen LogP contribution in [0.15, 0.2) is 0 Å². The second-order valence-corrected chi connectivity index (χ2v) is 1.57. The average Bonchev–Trinajstić information content (AvgIpc) is 1.84. The first-order chi connectivity index (χ1) is 4.46. The minimum absolute atomic E-state index is 0. The standard InChI is InChI=1S/C4H6O6.H3N.Nb/c5-1(3(7)8)2(6)4(9)10;;/h1-2,5-6H,(H,7,8)(H,9,10);1H3;. The van der Waals surface area contributed by atoms with Gasteiger partial charge in [-0.3, -0.25) is 0 Å². The van der Waals surface area contributed by atoms with Gasteiger partial charge in [0.2, 0.25) is 0 Å². The Hall–Kier alpha value is -0.440. The van der Waals surface area contributed by atoms with Gasteiger partial charge in [-0.2, -0.15) is 0 Å². The van der Waals surface area contributed by atoms with E-state index >= 15 is 0 Å². The molecule has 8 heteroatoms. The number of hydrogen-bond acceptors (Lipinski definition) is 5. The third kappa shape index (κ3) is 5.24. The first-order valence-electron chi connectivity index (χ1n) is 2.28. The van der Waals surface area contributed by atoms with Gasteiger partial charge in [-0.05, 0) is 0 Å². The van der Waals surface area contributed by atoms with Crippen LogP contribution in [-0.2, 0) is 32.0 Å². The van der Waals surface area contributed by atoms with Gasteiger partial charge in [0.05, 0.1) is 0 Å². The van der Waals surface area contributed by atoms with Crippen molar-refractivity contribution >= 4 is 11.9 Å². The number of aliphatic hydroxyl groups is 2. The van der Waals surface area contributed by atoms with Crippen LogP contribution in [0.5, 0.6) is 0 Å². The molecule has 0 amide bonds. The summed E-state index contributed by atoms with van der Waals surface area (Å²) in [6.45, 7) is 0. The third-order valence-electron chi connectivity index (χ3n) is 0.805. The van der Waals surface area contributed by atoms with Crippen LogP contribution in [0.1, 0.15) is 0 Å². The Labute approximate surface area is 83.1 Å². The fraction of sp³-hybridized carbons (Fsp3) is 0.500. The number of rotatable bonds is 3. The van der Waals surface area contributed by atoms with Gasteiger partial charge in [0.25, 0.3) is 0 Å². The second-order valence-electron chi connectivity index (χ2n) is 1.57. The molecule has 7 nitrogen and oxygen atoms in total. The van der Waals surface area contributed by atoms with E-state index in [0.29, 0.717) is 0 Å². The molecule has 12 heavy (non-hydrogen) atoms. The van der Waals surface area contributed by atoms with E-state index in [2.05, 4.69) is 0 Å². The maximum Gasteiger partial charge on any atom is 0.335 e. The summed E-state index contributed by atoms with van der Waals surface area (Å²) in [6, 6.07) is 0. The SMILES string of the molecule is N.O=C(O)C(O)C(O)C(=O)O.[Nb]. The molecule has 0 aliphatic carbocycles. The Kier molecular flexibility index (Phi) is 10.6. The molecule has 0 fully saturated rings. The Balaban J connectivity index is -0.000000405. The summed E-state index contributed by atoms with van der Waals surface area (Å²) in [5.41, 5.74) is 0. The molecule has 0 bridgehead atoms. The fourth-order valence-electron chi connectivity index (χ4n) is 0.270. The Bertz CT molecular complexity index is 144. The smallest absolute Gasteiger partial charge is 0.335 e. The molecule has 2 unspecified atom stereocenters. The van der Waals surface area contributed by atoms with Gasteiger partial charge in [-0.15, -0.1) is 0 Å². The zero-order valence-electron chi connectivity index (χ0n) is 5.91. The molecule has 2 atom stereocenters. The molecule has 0 aliphatic heterocycles. The van der Waals surface area contributed by atoms with Crippen LogP contribution in [0.25, 0.3) is 0 Å². The Morgan fingerprint density at radius 2 is 1.08 bits per heavy atom. The van der Waals surface area contributed by atoms with Crippen LogP contribution in [0.2, 0.25) is 0 Å². The van der Waals surface area contributed by atoms with Crippen molar-refractivity contribution in [1.29, 1.82) is 0 Å². The van der Waals surface area contributed by atoms with E-state index in [0.717, 1.165) is 0 Å². The molecule has 0 aromatic heterocycles. The van der Waals surface area contributed by atoms with Crippen molar-refractivity contribution in [3.05, 3.63) is 0 Å². The van der Waals surface area contributed by atoms with Gasteiger partial charge in [-0.1, -0.05) is 0 Å². The summed E-state index contributed by atoms with van der Waals surface area (Å²) in [6.07, 6.45) is -4.53. The van der Waals surface area contributed by atoms with Crippen molar-refractivity contribution in [3.63, 3.8) is 0 Å². The Morgan fingerprint density at radius 1 is 0.917 bits per heavy atom.